The molecule has 1 aromatic rings. The van der Waals surface area contributed by atoms with Gasteiger partial charge in [-0.25, -0.2) is 0 Å². The predicted molar refractivity (Wildman–Crippen MR) is 79.5 cm³/mol. The van der Waals surface area contributed by atoms with Crippen molar-refractivity contribution in [2.45, 2.75) is 65.2 Å². The van der Waals surface area contributed by atoms with Crippen LogP contribution in [0.15, 0.2) is 24.3 Å². The van der Waals surface area contributed by atoms with Crippen LogP contribution in [-0.4, -0.2) is 5.97 Å². The van der Waals surface area contributed by atoms with E-state index in [9.17, 15) is 4.79 Å². The molecule has 0 bridgehead atoms. The molecular formula is C17H26O2. The van der Waals surface area contributed by atoms with E-state index in [0.717, 1.165) is 18.4 Å². The zero-order valence-electron chi connectivity index (χ0n) is 12.7. The van der Waals surface area contributed by atoms with Crippen LogP contribution in [0.25, 0.3) is 0 Å². The Morgan fingerprint density at radius 2 is 1.79 bits per heavy atom. The molecule has 0 aliphatic carbocycles. The van der Waals surface area contributed by atoms with Crippen molar-refractivity contribution in [3.05, 3.63) is 29.8 Å². The van der Waals surface area contributed by atoms with E-state index in [4.69, 9.17) is 4.74 Å². The van der Waals surface area contributed by atoms with Gasteiger partial charge in [0.1, 0.15) is 5.75 Å². The number of hydrogen-bond acceptors (Lipinski definition) is 2. The third-order valence-electron chi connectivity index (χ3n) is 3.15. The second kappa shape index (κ2) is 7.32. The summed E-state index contributed by atoms with van der Waals surface area (Å²) in [5.41, 5.74) is 1.07. The maximum Gasteiger partial charge on any atom is 0.311 e. The smallest absolute Gasteiger partial charge is 0.311 e. The minimum absolute atomic E-state index is 0.0148. The number of esters is 1. The lowest BCUT2D eigenvalue weighted by Gasteiger charge is -2.22. The third kappa shape index (κ3) is 5.46. The van der Waals surface area contributed by atoms with Crippen molar-refractivity contribution in [3.8, 4) is 5.75 Å². The van der Waals surface area contributed by atoms with Crippen LogP contribution in [0.4, 0.5) is 0 Å². The predicted octanol–water partition coefficient (Wildman–Crippen LogP) is 4.86. The van der Waals surface area contributed by atoms with E-state index in [1.165, 1.54) is 12.8 Å². The number of hydrogen-bond donors (Lipinski definition) is 0. The quantitative estimate of drug-likeness (QED) is 0.416. The van der Waals surface area contributed by atoms with E-state index in [-0.39, 0.29) is 11.4 Å². The molecule has 0 amide bonds. The molecule has 0 heterocycles. The summed E-state index contributed by atoms with van der Waals surface area (Å²) < 4.78 is 5.51. The van der Waals surface area contributed by atoms with Gasteiger partial charge >= 0.3 is 5.97 Å². The van der Waals surface area contributed by atoms with Crippen LogP contribution in [0, 0.1) is 0 Å². The van der Waals surface area contributed by atoms with Gasteiger partial charge in [0.15, 0.2) is 0 Å². The first kappa shape index (κ1) is 15.7. The highest BCUT2D eigenvalue weighted by atomic mass is 16.5. The summed E-state index contributed by atoms with van der Waals surface area (Å²) in [4.78, 5) is 11.8. The zero-order chi connectivity index (χ0) is 14.3. The van der Waals surface area contributed by atoms with E-state index in [2.05, 4.69) is 27.7 Å². The molecule has 0 fully saturated rings. The molecule has 106 valence electrons. The van der Waals surface area contributed by atoms with Gasteiger partial charge in [0, 0.05) is 12.0 Å². The van der Waals surface area contributed by atoms with Crippen LogP contribution >= 0.6 is 0 Å². The molecule has 19 heavy (non-hydrogen) atoms. The van der Waals surface area contributed by atoms with E-state index in [0.29, 0.717) is 12.2 Å². The van der Waals surface area contributed by atoms with E-state index >= 15 is 0 Å². The van der Waals surface area contributed by atoms with E-state index in [1.54, 1.807) is 0 Å². The lowest BCUT2D eigenvalue weighted by Crippen LogP contribution is -2.16. The molecule has 0 unspecified atom stereocenters. The van der Waals surface area contributed by atoms with Crippen LogP contribution in [0.1, 0.15) is 65.4 Å². The largest absolute Gasteiger partial charge is 0.426 e. The van der Waals surface area contributed by atoms with Crippen LogP contribution < -0.4 is 4.74 Å². The molecule has 1 aromatic carbocycles. The number of carbonyl (C=O) groups excluding carboxylic acids is 1. The third-order valence-corrected chi connectivity index (χ3v) is 3.15. The standard InChI is InChI=1S/C17H26O2/c1-5-6-7-8-13-16(18)19-15-12-10-9-11-14(15)17(2,3)4/h9-12H,5-8,13H2,1-4H3. The van der Waals surface area contributed by atoms with E-state index in [1.807, 2.05) is 24.3 Å². The molecule has 0 aliphatic rings. The fourth-order valence-corrected chi connectivity index (χ4v) is 2.05. The normalized spacial score (nSPS) is 11.4. The second-order valence-corrected chi connectivity index (χ2v) is 6.03. The molecule has 0 atom stereocenters. The van der Waals surface area contributed by atoms with Crippen LogP contribution in [0.2, 0.25) is 0 Å². The summed E-state index contributed by atoms with van der Waals surface area (Å²) in [6.45, 7) is 8.54. The highest BCUT2D eigenvalue weighted by Crippen LogP contribution is 2.31. The van der Waals surface area contributed by atoms with Crippen molar-refractivity contribution in [1.82, 2.24) is 0 Å². The SMILES string of the molecule is CCCCCCC(=O)Oc1ccccc1C(C)(C)C. The lowest BCUT2D eigenvalue weighted by atomic mass is 9.86. The second-order valence-electron chi connectivity index (χ2n) is 6.03. The fraction of sp³-hybridized carbons (Fsp3) is 0.588. The maximum absolute atomic E-state index is 11.8. The first-order chi connectivity index (χ1) is 8.95. The first-order valence-corrected chi connectivity index (χ1v) is 7.25. The number of ether oxygens (including phenoxy) is 1. The van der Waals surface area contributed by atoms with E-state index < -0.39 is 0 Å². The Morgan fingerprint density at radius 3 is 2.42 bits per heavy atom. The molecule has 0 aromatic heterocycles. The molecule has 1 rings (SSSR count). The van der Waals surface area contributed by atoms with Crippen molar-refractivity contribution >= 4 is 5.97 Å². The van der Waals surface area contributed by atoms with Crippen molar-refractivity contribution in [1.29, 1.82) is 0 Å². The summed E-state index contributed by atoms with van der Waals surface area (Å²) in [6.07, 6.45) is 4.91. The molecule has 0 saturated carbocycles. The number of benzene rings is 1. The summed E-state index contributed by atoms with van der Waals surface area (Å²) in [5.74, 6) is 0.586. The number of unbranched alkanes of at least 4 members (excludes halogenated alkanes) is 3. The molecular weight excluding hydrogens is 236 g/mol. The van der Waals surface area contributed by atoms with Crippen LogP contribution in [-0.2, 0) is 10.2 Å². The van der Waals surface area contributed by atoms with Gasteiger partial charge in [0.2, 0.25) is 0 Å². The van der Waals surface area contributed by atoms with Gasteiger partial charge in [-0.05, 0) is 17.9 Å². The fourth-order valence-electron chi connectivity index (χ4n) is 2.05. The highest BCUT2D eigenvalue weighted by Gasteiger charge is 2.19. The van der Waals surface area contributed by atoms with Gasteiger partial charge in [0.25, 0.3) is 0 Å². The molecule has 0 spiro atoms. The molecule has 0 saturated heterocycles. The average Bonchev–Trinajstić information content (AvgIpc) is 2.34. The summed E-state index contributed by atoms with van der Waals surface area (Å²) in [7, 11) is 0. The minimum atomic E-state index is -0.118. The number of rotatable bonds is 6. The van der Waals surface area contributed by atoms with Gasteiger partial charge in [-0.3, -0.25) is 4.79 Å². The van der Waals surface area contributed by atoms with Gasteiger partial charge < -0.3 is 4.74 Å². The van der Waals surface area contributed by atoms with Crippen molar-refractivity contribution in [3.63, 3.8) is 0 Å². The summed E-state index contributed by atoms with van der Waals surface area (Å²) in [6, 6.07) is 7.80. The van der Waals surface area contributed by atoms with Gasteiger partial charge in [0.05, 0.1) is 0 Å². The Bertz CT molecular complexity index is 402. The van der Waals surface area contributed by atoms with Crippen LogP contribution in [0.5, 0.6) is 5.75 Å². The molecule has 2 heteroatoms. The number of para-hydroxylation sites is 1. The Hall–Kier alpha value is -1.31. The van der Waals surface area contributed by atoms with Gasteiger partial charge in [-0.15, -0.1) is 0 Å². The molecule has 0 radical (unpaired) electrons. The monoisotopic (exact) mass is 262 g/mol. The van der Waals surface area contributed by atoms with Crippen LogP contribution in [0.3, 0.4) is 0 Å². The molecule has 2 nitrogen and oxygen atoms in total. The minimum Gasteiger partial charge on any atom is -0.426 e. The van der Waals surface area contributed by atoms with Crippen molar-refractivity contribution in [2.24, 2.45) is 0 Å². The Balaban J connectivity index is 2.59. The van der Waals surface area contributed by atoms with Crippen molar-refractivity contribution in [2.75, 3.05) is 0 Å². The summed E-state index contributed by atoms with van der Waals surface area (Å²) >= 11 is 0. The Labute approximate surface area is 117 Å². The lowest BCUT2D eigenvalue weighted by molar-refractivity contribution is -0.134. The highest BCUT2D eigenvalue weighted by molar-refractivity contribution is 5.72. The van der Waals surface area contributed by atoms with Gasteiger partial charge in [-0.1, -0.05) is 65.2 Å². The first-order valence-electron chi connectivity index (χ1n) is 7.25. The zero-order valence-corrected chi connectivity index (χ0v) is 12.7. The topological polar surface area (TPSA) is 26.3 Å². The average molecular weight is 262 g/mol. The van der Waals surface area contributed by atoms with Crippen molar-refractivity contribution < 1.29 is 9.53 Å². The van der Waals surface area contributed by atoms with Gasteiger partial charge in [-0.2, -0.15) is 0 Å². The molecule has 0 N–H and O–H groups in total. The maximum atomic E-state index is 11.8. The number of carbonyl (C=O) groups is 1. The Morgan fingerprint density at radius 1 is 1.11 bits per heavy atom. The summed E-state index contributed by atoms with van der Waals surface area (Å²) in [5, 5.41) is 0. The molecule has 0 aliphatic heterocycles. The Kier molecular flexibility index (Phi) is 6.07.